The van der Waals surface area contributed by atoms with Crippen LogP contribution in [-0.2, 0) is 0 Å². The summed E-state index contributed by atoms with van der Waals surface area (Å²) in [5.41, 5.74) is 1.94. The molecule has 0 amide bonds. The van der Waals surface area contributed by atoms with Crippen molar-refractivity contribution in [3.8, 4) is 22.8 Å². The number of rotatable bonds is 3. The smallest absolute Gasteiger partial charge is 0.273 e. The highest BCUT2D eigenvalue weighted by Crippen LogP contribution is 2.27. The average Bonchev–Trinajstić information content (AvgIpc) is 2.98. The Bertz CT molecular complexity index is 843. The lowest BCUT2D eigenvalue weighted by Gasteiger charge is -1.98. The maximum atomic E-state index is 11.0. The van der Waals surface area contributed by atoms with Crippen molar-refractivity contribution in [3.63, 3.8) is 0 Å². The summed E-state index contributed by atoms with van der Waals surface area (Å²) in [5, 5.41) is 14.9. The summed E-state index contributed by atoms with van der Waals surface area (Å²) >= 11 is 3.36. The van der Waals surface area contributed by atoms with E-state index in [9.17, 15) is 10.1 Å². The third-order valence-electron chi connectivity index (χ3n) is 3.18. The van der Waals surface area contributed by atoms with Crippen LogP contribution in [0.2, 0.25) is 0 Å². The van der Waals surface area contributed by atoms with Crippen LogP contribution in [-0.4, -0.2) is 15.1 Å². The van der Waals surface area contributed by atoms with Crippen LogP contribution in [0.4, 0.5) is 5.69 Å². The van der Waals surface area contributed by atoms with Gasteiger partial charge in [0.2, 0.25) is 5.82 Å². The van der Waals surface area contributed by atoms with Crippen molar-refractivity contribution in [2.24, 2.45) is 0 Å². The average molecular weight is 360 g/mol. The predicted octanol–water partition coefficient (Wildman–Crippen LogP) is 4.38. The Morgan fingerprint density at radius 3 is 2.50 bits per heavy atom. The molecule has 0 fully saturated rings. The Hall–Kier alpha value is -2.54. The highest BCUT2D eigenvalue weighted by molar-refractivity contribution is 9.10. The van der Waals surface area contributed by atoms with Crippen LogP contribution >= 0.6 is 15.9 Å². The van der Waals surface area contributed by atoms with Crippen LogP contribution in [0.25, 0.3) is 22.8 Å². The number of nitrogens with zero attached hydrogens (tertiary/aromatic N) is 3. The van der Waals surface area contributed by atoms with E-state index in [0.29, 0.717) is 17.0 Å². The predicted molar refractivity (Wildman–Crippen MR) is 84.3 cm³/mol. The van der Waals surface area contributed by atoms with E-state index >= 15 is 0 Å². The summed E-state index contributed by atoms with van der Waals surface area (Å²) in [7, 11) is 0. The van der Waals surface area contributed by atoms with Gasteiger partial charge in [-0.15, -0.1) is 0 Å². The minimum Gasteiger partial charge on any atom is -0.334 e. The first-order valence-corrected chi connectivity index (χ1v) is 7.19. The summed E-state index contributed by atoms with van der Waals surface area (Å²) in [6.45, 7) is 1.68. The molecule has 3 aromatic rings. The number of hydrogen-bond acceptors (Lipinski definition) is 5. The lowest BCUT2D eigenvalue weighted by Crippen LogP contribution is -1.92. The Labute approximate surface area is 134 Å². The van der Waals surface area contributed by atoms with Crippen molar-refractivity contribution in [2.45, 2.75) is 6.92 Å². The highest BCUT2D eigenvalue weighted by atomic mass is 79.9. The molecule has 1 aromatic heterocycles. The van der Waals surface area contributed by atoms with E-state index in [1.807, 2.05) is 24.3 Å². The minimum absolute atomic E-state index is 0.0286. The zero-order chi connectivity index (χ0) is 15.7. The topological polar surface area (TPSA) is 82.1 Å². The zero-order valence-electron chi connectivity index (χ0n) is 11.5. The fourth-order valence-corrected chi connectivity index (χ4v) is 2.26. The monoisotopic (exact) mass is 359 g/mol. The molecule has 6 nitrogen and oxygen atoms in total. The molecule has 2 aromatic carbocycles. The van der Waals surface area contributed by atoms with Gasteiger partial charge in [-0.2, -0.15) is 4.98 Å². The molecule has 0 aliphatic heterocycles. The molecule has 7 heteroatoms. The van der Waals surface area contributed by atoms with Crippen LogP contribution in [0.1, 0.15) is 5.56 Å². The number of hydrogen-bond donors (Lipinski definition) is 0. The minimum atomic E-state index is -0.426. The molecular formula is C15H10BrN3O3. The normalized spacial score (nSPS) is 10.6. The van der Waals surface area contributed by atoms with Crippen LogP contribution in [0.15, 0.2) is 51.5 Å². The molecule has 0 saturated heterocycles. The summed E-state index contributed by atoms with van der Waals surface area (Å²) in [6.07, 6.45) is 0. The van der Waals surface area contributed by atoms with Crippen molar-refractivity contribution in [2.75, 3.05) is 0 Å². The van der Waals surface area contributed by atoms with E-state index in [1.165, 1.54) is 6.07 Å². The Morgan fingerprint density at radius 2 is 1.82 bits per heavy atom. The third-order valence-corrected chi connectivity index (χ3v) is 3.71. The standard InChI is InChI=1S/C15H10BrN3O3/c1-9-2-3-11(8-13(9)19(20)21)15-17-14(18-22-15)10-4-6-12(16)7-5-10/h2-8H,1H3. The molecule has 0 spiro atoms. The van der Waals surface area contributed by atoms with E-state index in [4.69, 9.17) is 4.52 Å². The van der Waals surface area contributed by atoms with Crippen molar-refractivity contribution < 1.29 is 9.45 Å². The molecule has 0 N–H and O–H groups in total. The first-order valence-electron chi connectivity index (χ1n) is 6.39. The van der Waals surface area contributed by atoms with Gasteiger partial charge < -0.3 is 4.52 Å². The Balaban J connectivity index is 1.99. The molecule has 110 valence electrons. The Kier molecular flexibility index (Phi) is 3.72. The van der Waals surface area contributed by atoms with Crippen LogP contribution in [0, 0.1) is 17.0 Å². The van der Waals surface area contributed by atoms with Crippen LogP contribution in [0.5, 0.6) is 0 Å². The van der Waals surface area contributed by atoms with Gasteiger partial charge in [0.1, 0.15) is 0 Å². The van der Waals surface area contributed by atoms with E-state index < -0.39 is 4.92 Å². The SMILES string of the molecule is Cc1ccc(-c2nc(-c3ccc(Br)cc3)no2)cc1[N+](=O)[O-]. The number of benzene rings is 2. The number of aryl methyl sites for hydroxylation is 1. The van der Waals surface area contributed by atoms with Crippen molar-refractivity contribution >= 4 is 21.6 Å². The molecular weight excluding hydrogens is 350 g/mol. The van der Waals surface area contributed by atoms with E-state index in [0.717, 1.165) is 10.0 Å². The summed E-state index contributed by atoms with van der Waals surface area (Å²) < 4.78 is 6.17. The van der Waals surface area contributed by atoms with Gasteiger partial charge in [0, 0.05) is 27.2 Å². The fourth-order valence-electron chi connectivity index (χ4n) is 2.00. The second-order valence-electron chi connectivity index (χ2n) is 4.69. The largest absolute Gasteiger partial charge is 0.334 e. The van der Waals surface area contributed by atoms with Gasteiger partial charge in [0.05, 0.1) is 4.92 Å². The van der Waals surface area contributed by atoms with E-state index in [-0.39, 0.29) is 11.6 Å². The molecule has 22 heavy (non-hydrogen) atoms. The number of nitro groups is 1. The molecule has 0 atom stereocenters. The van der Waals surface area contributed by atoms with Gasteiger partial charge in [0.25, 0.3) is 11.6 Å². The number of nitro benzene ring substituents is 1. The molecule has 0 saturated carbocycles. The van der Waals surface area contributed by atoms with Gasteiger partial charge in [-0.1, -0.05) is 27.2 Å². The second kappa shape index (κ2) is 5.69. The van der Waals surface area contributed by atoms with Gasteiger partial charge in [-0.25, -0.2) is 0 Å². The lowest BCUT2D eigenvalue weighted by molar-refractivity contribution is -0.385. The first kappa shape index (κ1) is 14.4. The van der Waals surface area contributed by atoms with Crippen LogP contribution < -0.4 is 0 Å². The molecule has 0 aliphatic rings. The van der Waals surface area contributed by atoms with Gasteiger partial charge in [0.15, 0.2) is 0 Å². The Morgan fingerprint density at radius 1 is 1.14 bits per heavy atom. The molecule has 0 bridgehead atoms. The van der Waals surface area contributed by atoms with Crippen molar-refractivity contribution in [3.05, 3.63) is 62.6 Å². The number of aromatic nitrogens is 2. The number of halogens is 1. The summed E-state index contributed by atoms with van der Waals surface area (Å²) in [6, 6.07) is 12.3. The zero-order valence-corrected chi connectivity index (χ0v) is 13.1. The third kappa shape index (κ3) is 2.75. The maximum Gasteiger partial charge on any atom is 0.273 e. The van der Waals surface area contributed by atoms with E-state index in [1.54, 1.807) is 19.1 Å². The lowest BCUT2D eigenvalue weighted by atomic mass is 10.1. The van der Waals surface area contributed by atoms with Crippen LogP contribution in [0.3, 0.4) is 0 Å². The maximum absolute atomic E-state index is 11.0. The molecule has 0 aliphatic carbocycles. The van der Waals surface area contributed by atoms with E-state index in [2.05, 4.69) is 26.1 Å². The van der Waals surface area contributed by atoms with Gasteiger partial charge in [-0.3, -0.25) is 10.1 Å². The molecule has 0 unspecified atom stereocenters. The van der Waals surface area contributed by atoms with Gasteiger partial charge in [-0.05, 0) is 37.3 Å². The molecule has 0 radical (unpaired) electrons. The fraction of sp³-hybridized carbons (Fsp3) is 0.0667. The van der Waals surface area contributed by atoms with Crippen molar-refractivity contribution in [1.82, 2.24) is 10.1 Å². The highest BCUT2D eigenvalue weighted by Gasteiger charge is 2.16. The summed E-state index contributed by atoms with van der Waals surface area (Å²) in [5.74, 6) is 0.687. The second-order valence-corrected chi connectivity index (χ2v) is 5.60. The molecule has 1 heterocycles. The molecule has 3 rings (SSSR count). The summed E-state index contributed by atoms with van der Waals surface area (Å²) in [4.78, 5) is 14.9. The van der Waals surface area contributed by atoms with Crippen molar-refractivity contribution in [1.29, 1.82) is 0 Å². The quantitative estimate of drug-likeness (QED) is 0.511. The van der Waals surface area contributed by atoms with Gasteiger partial charge >= 0.3 is 0 Å². The first-order chi connectivity index (χ1) is 10.5.